The largest absolute Gasteiger partial charge is 0.497 e. The molecule has 1 amide bonds. The predicted molar refractivity (Wildman–Crippen MR) is 147 cm³/mol. The number of anilines is 1. The van der Waals surface area contributed by atoms with Crippen LogP contribution in [0.4, 0.5) is 5.13 Å². The number of aromatic nitrogens is 2. The third kappa shape index (κ3) is 5.77. The van der Waals surface area contributed by atoms with Gasteiger partial charge in [0.25, 0.3) is 5.91 Å². The van der Waals surface area contributed by atoms with Crippen molar-refractivity contribution in [2.45, 2.75) is 11.4 Å². The molecule has 2 aromatic heterocycles. The Morgan fingerprint density at radius 2 is 1.78 bits per heavy atom. The molecule has 2 heterocycles. The van der Waals surface area contributed by atoms with Crippen LogP contribution < -0.4 is 9.64 Å². The van der Waals surface area contributed by atoms with E-state index in [1.54, 1.807) is 24.3 Å². The fourth-order valence-electron chi connectivity index (χ4n) is 3.65. The van der Waals surface area contributed by atoms with E-state index in [1.807, 2.05) is 30.3 Å². The SMILES string of the molecule is C=CCN(CC=C)S(=O)(=O)c1ccc(C(=O)N(Cc2ccccn2)c2nc3cc(OC)ccc3s2)cc1. The van der Waals surface area contributed by atoms with E-state index in [2.05, 4.69) is 23.1 Å². The molecule has 8 nitrogen and oxygen atoms in total. The second kappa shape index (κ2) is 11.5. The van der Waals surface area contributed by atoms with E-state index in [0.717, 1.165) is 4.70 Å². The smallest absolute Gasteiger partial charge is 0.260 e. The van der Waals surface area contributed by atoms with Crippen LogP contribution in [0.5, 0.6) is 5.75 Å². The van der Waals surface area contributed by atoms with Gasteiger partial charge in [-0.15, -0.1) is 13.2 Å². The van der Waals surface area contributed by atoms with Crippen molar-refractivity contribution in [2.75, 3.05) is 25.1 Å². The van der Waals surface area contributed by atoms with Gasteiger partial charge in [0.05, 0.1) is 34.5 Å². The van der Waals surface area contributed by atoms with Crippen molar-refractivity contribution in [2.24, 2.45) is 0 Å². The van der Waals surface area contributed by atoms with Crippen LogP contribution in [0.15, 0.2) is 97.1 Å². The van der Waals surface area contributed by atoms with Gasteiger partial charge in [-0.1, -0.05) is 29.6 Å². The first-order valence-electron chi connectivity index (χ1n) is 11.4. The van der Waals surface area contributed by atoms with Crippen LogP contribution in [0.3, 0.4) is 0 Å². The van der Waals surface area contributed by atoms with Crippen LogP contribution in [0.2, 0.25) is 0 Å². The van der Waals surface area contributed by atoms with E-state index in [0.29, 0.717) is 27.7 Å². The van der Waals surface area contributed by atoms with Crippen molar-refractivity contribution < 1.29 is 17.9 Å². The van der Waals surface area contributed by atoms with Crippen molar-refractivity contribution in [3.63, 3.8) is 0 Å². The molecule has 0 saturated heterocycles. The first-order valence-corrected chi connectivity index (χ1v) is 13.6. The number of amides is 1. The zero-order valence-electron chi connectivity index (χ0n) is 20.3. The van der Waals surface area contributed by atoms with E-state index in [4.69, 9.17) is 4.74 Å². The second-order valence-electron chi connectivity index (χ2n) is 7.97. The van der Waals surface area contributed by atoms with E-state index in [9.17, 15) is 13.2 Å². The Bertz CT molecular complexity index is 1510. The van der Waals surface area contributed by atoms with Crippen LogP contribution >= 0.6 is 11.3 Å². The summed E-state index contributed by atoms with van der Waals surface area (Å²) in [6, 6.07) is 16.9. The molecule has 0 fully saturated rings. The lowest BCUT2D eigenvalue weighted by Gasteiger charge is -2.21. The molecule has 0 aliphatic heterocycles. The summed E-state index contributed by atoms with van der Waals surface area (Å²) in [4.78, 5) is 24.4. The first-order chi connectivity index (χ1) is 17.9. The molecular formula is C27H26N4O4S2. The van der Waals surface area contributed by atoms with Gasteiger partial charge in [-0.3, -0.25) is 14.7 Å². The predicted octanol–water partition coefficient (Wildman–Crippen LogP) is 4.91. The third-order valence-electron chi connectivity index (χ3n) is 5.51. The highest BCUT2D eigenvalue weighted by Crippen LogP contribution is 2.33. The number of benzene rings is 2. The van der Waals surface area contributed by atoms with Crippen molar-refractivity contribution in [1.82, 2.24) is 14.3 Å². The molecular weight excluding hydrogens is 508 g/mol. The normalized spacial score (nSPS) is 11.4. The molecule has 0 atom stereocenters. The topological polar surface area (TPSA) is 92.7 Å². The maximum absolute atomic E-state index is 13.7. The molecule has 4 rings (SSSR count). The van der Waals surface area contributed by atoms with E-state index in [1.165, 1.54) is 52.1 Å². The van der Waals surface area contributed by atoms with Crippen LogP contribution in [0.25, 0.3) is 10.2 Å². The molecule has 37 heavy (non-hydrogen) atoms. The van der Waals surface area contributed by atoms with Gasteiger partial charge < -0.3 is 4.74 Å². The molecule has 0 spiro atoms. The summed E-state index contributed by atoms with van der Waals surface area (Å²) in [5.74, 6) is 0.348. The van der Waals surface area contributed by atoms with Crippen molar-refractivity contribution >= 4 is 42.6 Å². The Morgan fingerprint density at radius 3 is 2.41 bits per heavy atom. The van der Waals surface area contributed by atoms with E-state index >= 15 is 0 Å². The summed E-state index contributed by atoms with van der Waals surface area (Å²) < 4.78 is 33.6. The molecule has 190 valence electrons. The number of ether oxygens (including phenoxy) is 1. The lowest BCUT2D eigenvalue weighted by Crippen LogP contribution is -2.32. The molecule has 10 heteroatoms. The van der Waals surface area contributed by atoms with Crippen LogP contribution in [0.1, 0.15) is 16.1 Å². The molecule has 0 unspecified atom stereocenters. The highest BCUT2D eigenvalue weighted by Gasteiger charge is 2.25. The summed E-state index contributed by atoms with van der Waals surface area (Å²) in [5, 5.41) is 0.499. The number of sulfonamides is 1. The average molecular weight is 535 g/mol. The van der Waals surface area contributed by atoms with Gasteiger partial charge in [0.1, 0.15) is 5.75 Å². The van der Waals surface area contributed by atoms with Gasteiger partial charge in [0.2, 0.25) is 10.0 Å². The summed E-state index contributed by atoms with van der Waals surface area (Å²) in [6.07, 6.45) is 4.70. The Labute approximate surface area is 220 Å². The maximum atomic E-state index is 13.7. The van der Waals surface area contributed by atoms with Gasteiger partial charge >= 0.3 is 0 Å². The van der Waals surface area contributed by atoms with Gasteiger partial charge in [-0.05, 0) is 48.5 Å². The van der Waals surface area contributed by atoms with Crippen molar-refractivity contribution in [1.29, 1.82) is 0 Å². The lowest BCUT2D eigenvalue weighted by molar-refractivity contribution is 0.0984. The number of methoxy groups -OCH3 is 1. The standard InChI is InChI=1S/C27H26N4O4S2/c1-4-16-30(17-5-2)37(33,34)23-12-9-20(10-13-23)26(32)31(19-21-8-6-7-15-28-21)27-29-24-18-22(35-3)11-14-25(24)36-27/h4-15,18H,1-2,16-17,19H2,3H3. The molecule has 0 N–H and O–H groups in total. The van der Waals surface area contributed by atoms with E-state index in [-0.39, 0.29) is 30.4 Å². The van der Waals surface area contributed by atoms with Gasteiger partial charge in [0, 0.05) is 30.9 Å². The number of hydrogen-bond donors (Lipinski definition) is 0. The number of hydrogen-bond acceptors (Lipinski definition) is 7. The highest BCUT2D eigenvalue weighted by molar-refractivity contribution is 7.89. The number of rotatable bonds is 11. The number of thiazole rings is 1. The zero-order chi connectivity index (χ0) is 26.4. The first kappa shape index (κ1) is 26.2. The number of nitrogens with zero attached hydrogens (tertiary/aromatic N) is 4. The molecule has 0 radical (unpaired) electrons. The average Bonchev–Trinajstić information content (AvgIpc) is 3.35. The molecule has 0 aliphatic carbocycles. The van der Waals surface area contributed by atoms with Crippen LogP contribution in [-0.2, 0) is 16.6 Å². The molecule has 0 saturated carbocycles. The fourth-order valence-corrected chi connectivity index (χ4v) is 5.98. The minimum Gasteiger partial charge on any atom is -0.497 e. The second-order valence-corrected chi connectivity index (χ2v) is 10.9. The van der Waals surface area contributed by atoms with Crippen molar-refractivity contribution in [3.05, 3.63) is 103 Å². The molecule has 4 aromatic rings. The minimum absolute atomic E-state index is 0.0797. The Balaban J connectivity index is 1.69. The Hall–Kier alpha value is -3.86. The zero-order valence-corrected chi connectivity index (χ0v) is 21.9. The molecule has 0 bridgehead atoms. The summed E-state index contributed by atoms with van der Waals surface area (Å²) in [7, 11) is -2.19. The number of carbonyl (C=O) groups is 1. The van der Waals surface area contributed by atoms with E-state index < -0.39 is 10.0 Å². The Morgan fingerprint density at radius 1 is 1.05 bits per heavy atom. The van der Waals surface area contributed by atoms with Crippen molar-refractivity contribution in [3.8, 4) is 5.75 Å². The maximum Gasteiger partial charge on any atom is 0.260 e. The van der Waals surface area contributed by atoms with Crippen LogP contribution in [-0.4, -0.2) is 48.8 Å². The Kier molecular flexibility index (Phi) is 8.12. The number of pyridine rings is 1. The lowest BCUT2D eigenvalue weighted by atomic mass is 10.2. The monoisotopic (exact) mass is 534 g/mol. The number of fused-ring (bicyclic) bond motifs is 1. The quantitative estimate of drug-likeness (QED) is 0.254. The molecule has 2 aromatic carbocycles. The summed E-state index contributed by atoms with van der Waals surface area (Å²) in [5.41, 5.74) is 1.73. The number of carbonyl (C=O) groups excluding carboxylic acids is 1. The highest BCUT2D eigenvalue weighted by atomic mass is 32.2. The van der Waals surface area contributed by atoms with Gasteiger partial charge in [-0.25, -0.2) is 13.4 Å². The van der Waals surface area contributed by atoms with Gasteiger partial charge in [0.15, 0.2) is 5.13 Å². The van der Waals surface area contributed by atoms with Gasteiger partial charge in [-0.2, -0.15) is 4.31 Å². The molecule has 0 aliphatic rings. The fraction of sp³-hybridized carbons (Fsp3) is 0.148. The summed E-state index contributed by atoms with van der Waals surface area (Å²) >= 11 is 1.38. The summed E-state index contributed by atoms with van der Waals surface area (Å²) in [6.45, 7) is 7.75. The third-order valence-corrected chi connectivity index (χ3v) is 8.42. The van der Waals surface area contributed by atoms with Crippen LogP contribution in [0, 0.1) is 0 Å². The minimum atomic E-state index is -3.78.